The Kier molecular flexibility index (Phi) is 7.68. The minimum absolute atomic E-state index is 0.0199. The zero-order valence-corrected chi connectivity index (χ0v) is 22.3. The molecule has 4 rings (SSSR count). The molecule has 0 saturated carbocycles. The van der Waals surface area contributed by atoms with E-state index in [4.69, 9.17) is 9.47 Å². The molecule has 200 valence electrons. The molecule has 36 heavy (non-hydrogen) atoms. The van der Waals surface area contributed by atoms with Crippen LogP contribution < -0.4 is 0 Å². The molecule has 4 aliphatic rings. The topological polar surface area (TPSA) is 96.4 Å². The fourth-order valence-electron chi connectivity index (χ4n) is 6.73. The molecule has 2 fully saturated rings. The highest BCUT2D eigenvalue weighted by atomic mass is 16.6. The van der Waals surface area contributed by atoms with Crippen molar-refractivity contribution in [1.82, 2.24) is 9.80 Å². The average Bonchev–Trinajstić information content (AvgIpc) is 3.19. The van der Waals surface area contributed by atoms with Crippen LogP contribution in [0.1, 0.15) is 66.7 Å². The average molecular weight is 503 g/mol. The van der Waals surface area contributed by atoms with Crippen molar-refractivity contribution in [1.29, 1.82) is 0 Å². The van der Waals surface area contributed by atoms with Crippen LogP contribution in [0.15, 0.2) is 24.3 Å². The van der Waals surface area contributed by atoms with Gasteiger partial charge < -0.3 is 24.4 Å². The number of fused-ring (bicyclic) bond motifs is 2. The molecule has 8 atom stereocenters. The minimum atomic E-state index is -1.32. The normalized spacial score (nSPS) is 37.6. The minimum Gasteiger partial charge on any atom is -0.465 e. The van der Waals surface area contributed by atoms with Crippen LogP contribution in [0.3, 0.4) is 0 Å². The summed E-state index contributed by atoms with van der Waals surface area (Å²) in [6, 6.07) is -1.55. The summed E-state index contributed by atoms with van der Waals surface area (Å²) in [4.78, 5) is 45.5. The first kappa shape index (κ1) is 26.9. The van der Waals surface area contributed by atoms with Gasteiger partial charge in [0.2, 0.25) is 11.8 Å². The second kappa shape index (κ2) is 10.3. The number of hydrogen-bond acceptors (Lipinski definition) is 6. The zero-order valence-electron chi connectivity index (χ0n) is 22.3. The highest BCUT2D eigenvalue weighted by Gasteiger charge is 2.75. The Morgan fingerprint density at radius 3 is 2.53 bits per heavy atom. The maximum absolute atomic E-state index is 14.4. The van der Waals surface area contributed by atoms with Crippen molar-refractivity contribution in [2.75, 3.05) is 19.8 Å². The Bertz CT molecular complexity index is 933. The Morgan fingerprint density at radius 2 is 1.86 bits per heavy atom. The number of carbonyl (C=O) groups excluding carboxylic acids is 3. The van der Waals surface area contributed by atoms with E-state index in [1.807, 2.05) is 56.9 Å². The lowest BCUT2D eigenvalue weighted by Crippen LogP contribution is -2.60. The molecule has 0 bridgehead atoms. The van der Waals surface area contributed by atoms with E-state index in [9.17, 15) is 19.5 Å². The number of aliphatic hydroxyl groups excluding tert-OH is 1. The van der Waals surface area contributed by atoms with E-state index in [0.717, 1.165) is 25.7 Å². The molecule has 0 aromatic heterocycles. The molecule has 2 saturated heterocycles. The van der Waals surface area contributed by atoms with Crippen LogP contribution in [0.25, 0.3) is 0 Å². The Labute approximate surface area is 214 Å². The molecule has 0 radical (unpaired) electrons. The number of allylic oxidation sites excluding steroid dienone is 1. The van der Waals surface area contributed by atoms with Gasteiger partial charge in [0.25, 0.3) is 0 Å². The molecule has 4 heterocycles. The number of aliphatic hydroxyl groups is 1. The van der Waals surface area contributed by atoms with Crippen LogP contribution in [-0.2, 0) is 23.9 Å². The summed E-state index contributed by atoms with van der Waals surface area (Å²) < 4.78 is 12.4. The van der Waals surface area contributed by atoms with E-state index in [1.54, 1.807) is 4.90 Å². The molecule has 8 heteroatoms. The highest BCUT2D eigenvalue weighted by molar-refractivity contribution is 5.99. The van der Waals surface area contributed by atoms with E-state index in [0.29, 0.717) is 13.0 Å². The number of amides is 2. The summed E-state index contributed by atoms with van der Waals surface area (Å²) in [6.45, 7) is 10.3. The smallest absolute Gasteiger partial charge is 0.313 e. The lowest BCUT2D eigenvalue weighted by atomic mass is 9.74. The molecule has 0 aromatic rings. The first-order valence-corrected chi connectivity index (χ1v) is 13.6. The molecular weight excluding hydrogens is 460 g/mol. The third kappa shape index (κ3) is 4.10. The van der Waals surface area contributed by atoms with Crippen molar-refractivity contribution in [2.24, 2.45) is 17.8 Å². The largest absolute Gasteiger partial charge is 0.465 e. The van der Waals surface area contributed by atoms with Gasteiger partial charge in [-0.3, -0.25) is 14.4 Å². The van der Waals surface area contributed by atoms with Crippen molar-refractivity contribution >= 4 is 17.8 Å². The van der Waals surface area contributed by atoms with Crippen molar-refractivity contribution in [2.45, 2.75) is 96.1 Å². The SMILES string of the molecule is CCCC(C)N1CC=C[C@]23O[C@@]4(C)/C=C\CCCOC(=O)[C@H]4[C@H]2C(=O)N([C@@H](CO)[C@@H](C)CC)C3C1=O. The molecule has 4 aliphatic heterocycles. The van der Waals surface area contributed by atoms with Gasteiger partial charge in [-0.1, -0.05) is 57.9 Å². The van der Waals surface area contributed by atoms with E-state index < -0.39 is 41.1 Å². The second-order valence-electron chi connectivity index (χ2n) is 11.1. The molecule has 1 N–H and O–H groups in total. The number of nitrogens with zero attached hydrogens (tertiary/aromatic N) is 2. The quantitative estimate of drug-likeness (QED) is 0.425. The van der Waals surface area contributed by atoms with Gasteiger partial charge in [-0.2, -0.15) is 0 Å². The summed E-state index contributed by atoms with van der Waals surface area (Å²) in [6.07, 6.45) is 11.6. The van der Waals surface area contributed by atoms with Crippen LogP contribution in [0.5, 0.6) is 0 Å². The number of ether oxygens (including phenoxy) is 2. The lowest BCUT2D eigenvalue weighted by Gasteiger charge is -2.42. The van der Waals surface area contributed by atoms with E-state index in [1.165, 1.54) is 0 Å². The van der Waals surface area contributed by atoms with Crippen LogP contribution >= 0.6 is 0 Å². The zero-order chi connectivity index (χ0) is 26.3. The monoisotopic (exact) mass is 502 g/mol. The van der Waals surface area contributed by atoms with Gasteiger partial charge in [-0.15, -0.1) is 0 Å². The van der Waals surface area contributed by atoms with Gasteiger partial charge in [-0.25, -0.2) is 0 Å². The standard InChI is InChI=1S/C28H42N2O6/c1-6-12-19(4)29-15-11-14-28-21(22-26(34)35-16-10-8-9-13-27(22,5)36-28)24(32)30(23(28)25(29)33)20(17-31)18(3)7-2/h9,11,13-14,18-23,31H,6-8,10,12,15-17H2,1-5H3/b13-9-/t18-,19?,20-,21-,22+,23?,27-,28-/m0/s1. The Balaban J connectivity index is 1.90. The lowest BCUT2D eigenvalue weighted by molar-refractivity contribution is -0.162. The summed E-state index contributed by atoms with van der Waals surface area (Å²) in [5, 5.41) is 10.4. The van der Waals surface area contributed by atoms with Crippen molar-refractivity contribution < 1.29 is 29.0 Å². The van der Waals surface area contributed by atoms with E-state index in [-0.39, 0.29) is 37.0 Å². The van der Waals surface area contributed by atoms with Crippen molar-refractivity contribution in [3.8, 4) is 0 Å². The molecule has 0 aromatic carbocycles. The number of likely N-dealkylation sites (tertiary alicyclic amines) is 1. The van der Waals surface area contributed by atoms with Crippen LogP contribution in [0.2, 0.25) is 0 Å². The van der Waals surface area contributed by atoms with Crippen LogP contribution in [0, 0.1) is 17.8 Å². The number of carbonyl (C=O) groups is 3. The van der Waals surface area contributed by atoms with Gasteiger partial charge in [0, 0.05) is 12.6 Å². The van der Waals surface area contributed by atoms with Gasteiger partial charge in [0.05, 0.1) is 30.8 Å². The summed E-state index contributed by atoms with van der Waals surface area (Å²) >= 11 is 0. The third-order valence-electron chi connectivity index (χ3n) is 8.80. The highest BCUT2D eigenvalue weighted by Crippen LogP contribution is 2.57. The molecule has 2 amide bonds. The summed E-state index contributed by atoms with van der Waals surface area (Å²) in [7, 11) is 0. The maximum Gasteiger partial charge on any atom is 0.313 e. The van der Waals surface area contributed by atoms with Crippen LogP contribution in [-0.4, -0.2) is 81.8 Å². The predicted molar refractivity (Wildman–Crippen MR) is 135 cm³/mol. The number of rotatable bonds is 7. The fraction of sp³-hybridized carbons (Fsp3) is 0.750. The van der Waals surface area contributed by atoms with Gasteiger partial charge in [-0.05, 0) is 39.0 Å². The fourth-order valence-corrected chi connectivity index (χ4v) is 6.73. The van der Waals surface area contributed by atoms with Crippen molar-refractivity contribution in [3.63, 3.8) is 0 Å². The first-order valence-electron chi connectivity index (χ1n) is 13.6. The number of esters is 1. The summed E-state index contributed by atoms with van der Waals surface area (Å²) in [5.41, 5.74) is -2.41. The van der Waals surface area contributed by atoms with Gasteiger partial charge in [0.15, 0.2) is 0 Å². The molecule has 1 spiro atoms. The Hall–Kier alpha value is -2.19. The molecule has 8 nitrogen and oxygen atoms in total. The van der Waals surface area contributed by atoms with E-state index >= 15 is 0 Å². The van der Waals surface area contributed by atoms with Gasteiger partial charge >= 0.3 is 5.97 Å². The van der Waals surface area contributed by atoms with Crippen LogP contribution in [0.4, 0.5) is 0 Å². The first-order chi connectivity index (χ1) is 17.2. The third-order valence-corrected chi connectivity index (χ3v) is 8.80. The molecule has 2 unspecified atom stereocenters. The Morgan fingerprint density at radius 1 is 1.11 bits per heavy atom. The second-order valence-corrected chi connectivity index (χ2v) is 11.1. The predicted octanol–water partition coefficient (Wildman–Crippen LogP) is 2.84. The van der Waals surface area contributed by atoms with Gasteiger partial charge in [0.1, 0.15) is 17.6 Å². The molecular formula is C28H42N2O6. The van der Waals surface area contributed by atoms with Crippen molar-refractivity contribution in [3.05, 3.63) is 24.3 Å². The maximum atomic E-state index is 14.4. The summed E-state index contributed by atoms with van der Waals surface area (Å²) in [5.74, 6) is -2.82. The molecule has 0 aliphatic carbocycles. The van der Waals surface area contributed by atoms with E-state index in [2.05, 4.69) is 6.92 Å². The number of hydrogen-bond donors (Lipinski definition) is 1. The number of cyclic esters (lactones) is 1.